The lowest BCUT2D eigenvalue weighted by Crippen LogP contribution is -2.26. The predicted octanol–water partition coefficient (Wildman–Crippen LogP) is 4.93. The highest BCUT2D eigenvalue weighted by Gasteiger charge is 2.24. The van der Waals surface area contributed by atoms with Gasteiger partial charge in [0.2, 0.25) is 12.7 Å². The fourth-order valence-electron chi connectivity index (χ4n) is 3.79. The maximum atomic E-state index is 12.8. The van der Waals surface area contributed by atoms with E-state index in [4.69, 9.17) is 21.1 Å². The summed E-state index contributed by atoms with van der Waals surface area (Å²) in [5.74, 6) is 1.25. The minimum atomic E-state index is -0.191. The number of pyridine rings is 1. The third-order valence-corrected chi connectivity index (χ3v) is 5.62. The van der Waals surface area contributed by atoms with Crippen LogP contribution in [0, 0.1) is 0 Å². The van der Waals surface area contributed by atoms with Gasteiger partial charge in [0.15, 0.2) is 11.5 Å². The minimum Gasteiger partial charge on any atom is -0.454 e. The molecule has 0 radical (unpaired) electrons. The molecule has 1 N–H and O–H groups in total. The summed E-state index contributed by atoms with van der Waals surface area (Å²) in [5, 5.41) is 3.68. The molecule has 4 rings (SSSR count). The molecule has 3 heterocycles. The topological polar surface area (TPSA) is 64.9 Å². The number of rotatable bonds is 9. The molecule has 158 valence electrons. The number of hydrogen-bond donors (Lipinski definition) is 1. The Balaban J connectivity index is 1.60. The molecule has 6 nitrogen and oxygen atoms in total. The van der Waals surface area contributed by atoms with Gasteiger partial charge in [0.05, 0.1) is 10.7 Å². The number of fused-ring (bicyclic) bond motifs is 2. The monoisotopic (exact) mass is 427 g/mol. The molecule has 1 aromatic carbocycles. The van der Waals surface area contributed by atoms with Crippen LogP contribution in [0.1, 0.15) is 56.2 Å². The molecule has 3 aromatic rings. The zero-order valence-electron chi connectivity index (χ0n) is 17.1. The fraction of sp³-hybridized carbons (Fsp3) is 0.391. The normalized spacial score (nSPS) is 13.5. The maximum Gasteiger partial charge on any atom is 0.231 e. The molecule has 7 heteroatoms. The molecule has 2 aromatic heterocycles. The summed E-state index contributed by atoms with van der Waals surface area (Å²) >= 11 is 6.23. The molecule has 0 aliphatic carbocycles. The van der Waals surface area contributed by atoms with Crippen molar-refractivity contribution in [3.63, 3.8) is 0 Å². The van der Waals surface area contributed by atoms with Gasteiger partial charge in [-0.3, -0.25) is 4.79 Å². The highest BCUT2D eigenvalue weighted by molar-refractivity contribution is 6.30. The van der Waals surface area contributed by atoms with Crippen molar-refractivity contribution in [3.8, 4) is 11.5 Å². The van der Waals surface area contributed by atoms with Gasteiger partial charge in [-0.25, -0.2) is 4.98 Å². The van der Waals surface area contributed by atoms with Crippen LogP contribution in [0.4, 0.5) is 0 Å². The molecule has 30 heavy (non-hydrogen) atoms. The van der Waals surface area contributed by atoms with Crippen molar-refractivity contribution in [1.29, 1.82) is 0 Å². The minimum absolute atomic E-state index is 0.0196. The van der Waals surface area contributed by atoms with Crippen LogP contribution >= 0.6 is 11.6 Å². The Hall–Kier alpha value is -2.73. The molecule has 1 atom stereocenters. The lowest BCUT2D eigenvalue weighted by molar-refractivity contribution is -0.121. The van der Waals surface area contributed by atoms with Gasteiger partial charge in [0.25, 0.3) is 0 Å². The Morgan fingerprint density at radius 3 is 2.93 bits per heavy atom. The number of amides is 1. The third kappa shape index (κ3) is 4.54. The zero-order valence-corrected chi connectivity index (χ0v) is 17.8. The van der Waals surface area contributed by atoms with E-state index in [1.807, 2.05) is 47.1 Å². The van der Waals surface area contributed by atoms with E-state index in [2.05, 4.69) is 17.2 Å². The number of hydrogen-bond acceptors (Lipinski definition) is 4. The molecular formula is C23H26ClN3O3. The molecule has 0 fully saturated rings. The summed E-state index contributed by atoms with van der Waals surface area (Å²) in [5.41, 5.74) is 2.68. The lowest BCUT2D eigenvalue weighted by atomic mass is 9.92. The Bertz CT molecular complexity index is 1030. The SMILES string of the molecule is CCCCCCNC(=O)CC(c1ccc2c(c1)OCO2)c1cnc2ccc(Cl)cn12. The van der Waals surface area contributed by atoms with Crippen molar-refractivity contribution < 1.29 is 14.3 Å². The summed E-state index contributed by atoms with van der Waals surface area (Å²) in [7, 11) is 0. The van der Waals surface area contributed by atoms with Crippen molar-refractivity contribution in [2.24, 2.45) is 0 Å². The first-order valence-corrected chi connectivity index (χ1v) is 10.8. The van der Waals surface area contributed by atoms with E-state index in [9.17, 15) is 4.79 Å². The molecule has 1 unspecified atom stereocenters. The zero-order chi connectivity index (χ0) is 20.9. The maximum absolute atomic E-state index is 12.8. The average Bonchev–Trinajstić information content (AvgIpc) is 3.38. The number of nitrogens with zero attached hydrogens (tertiary/aromatic N) is 2. The van der Waals surface area contributed by atoms with E-state index in [0.717, 1.165) is 35.5 Å². The van der Waals surface area contributed by atoms with Gasteiger partial charge in [0.1, 0.15) is 5.65 Å². The average molecular weight is 428 g/mol. The van der Waals surface area contributed by atoms with Crippen LogP contribution in [0.25, 0.3) is 5.65 Å². The molecular weight excluding hydrogens is 402 g/mol. The first kappa shape index (κ1) is 20.5. The summed E-state index contributed by atoms with van der Waals surface area (Å²) in [6.07, 6.45) is 8.47. The standard InChI is InChI=1S/C23H26ClN3O3/c1-2-3-4-5-10-25-23(28)12-18(16-6-8-20-21(11-16)30-15-29-20)19-13-26-22-9-7-17(24)14-27(19)22/h6-9,11,13-14,18H,2-5,10,12,15H2,1H3,(H,25,28). The van der Waals surface area contributed by atoms with Crippen LogP contribution < -0.4 is 14.8 Å². The number of unbranched alkanes of at least 4 members (excludes halogenated alkanes) is 3. The van der Waals surface area contributed by atoms with Gasteiger partial charge in [-0.2, -0.15) is 0 Å². The predicted molar refractivity (Wildman–Crippen MR) is 116 cm³/mol. The van der Waals surface area contributed by atoms with Crippen molar-refractivity contribution in [1.82, 2.24) is 14.7 Å². The second kappa shape index (κ2) is 9.39. The van der Waals surface area contributed by atoms with Crippen LogP contribution in [0.3, 0.4) is 0 Å². The number of imidazole rings is 1. The molecule has 1 aliphatic heterocycles. The van der Waals surface area contributed by atoms with Gasteiger partial charge in [-0.1, -0.05) is 43.9 Å². The number of carbonyl (C=O) groups is 1. The van der Waals surface area contributed by atoms with Gasteiger partial charge in [0, 0.05) is 31.3 Å². The molecule has 0 bridgehead atoms. The molecule has 0 saturated heterocycles. The van der Waals surface area contributed by atoms with Crippen LogP contribution in [-0.2, 0) is 4.79 Å². The van der Waals surface area contributed by atoms with Crippen molar-refractivity contribution in [3.05, 3.63) is 59.0 Å². The van der Waals surface area contributed by atoms with Crippen molar-refractivity contribution >= 4 is 23.2 Å². The van der Waals surface area contributed by atoms with Crippen LogP contribution in [0.2, 0.25) is 5.02 Å². The van der Waals surface area contributed by atoms with E-state index in [-0.39, 0.29) is 18.6 Å². The first-order chi connectivity index (χ1) is 14.7. The Labute approximate surface area is 181 Å². The number of ether oxygens (including phenoxy) is 2. The summed E-state index contributed by atoms with van der Waals surface area (Å²) in [4.78, 5) is 17.3. The van der Waals surface area contributed by atoms with E-state index >= 15 is 0 Å². The Morgan fingerprint density at radius 2 is 2.07 bits per heavy atom. The molecule has 0 saturated carbocycles. The Kier molecular flexibility index (Phi) is 6.43. The van der Waals surface area contributed by atoms with Gasteiger partial charge >= 0.3 is 0 Å². The second-order valence-corrected chi connectivity index (χ2v) is 7.98. The number of benzene rings is 1. The quantitative estimate of drug-likeness (QED) is 0.491. The van der Waals surface area contributed by atoms with Gasteiger partial charge in [-0.05, 0) is 36.2 Å². The smallest absolute Gasteiger partial charge is 0.231 e. The van der Waals surface area contributed by atoms with Crippen LogP contribution in [0.15, 0.2) is 42.7 Å². The summed E-state index contributed by atoms with van der Waals surface area (Å²) in [6, 6.07) is 9.51. The third-order valence-electron chi connectivity index (χ3n) is 5.40. The highest BCUT2D eigenvalue weighted by atomic mass is 35.5. The fourth-order valence-corrected chi connectivity index (χ4v) is 3.95. The summed E-state index contributed by atoms with van der Waals surface area (Å²) < 4.78 is 12.9. The molecule has 0 spiro atoms. The Morgan fingerprint density at radius 1 is 1.20 bits per heavy atom. The molecule has 1 aliphatic rings. The number of carbonyl (C=O) groups excluding carboxylic acids is 1. The number of aromatic nitrogens is 2. The highest BCUT2D eigenvalue weighted by Crippen LogP contribution is 2.37. The van der Waals surface area contributed by atoms with Gasteiger partial charge < -0.3 is 19.2 Å². The van der Waals surface area contributed by atoms with E-state index < -0.39 is 0 Å². The second-order valence-electron chi connectivity index (χ2n) is 7.54. The van der Waals surface area contributed by atoms with E-state index in [0.29, 0.717) is 23.7 Å². The van der Waals surface area contributed by atoms with Crippen LogP contribution in [0.5, 0.6) is 11.5 Å². The van der Waals surface area contributed by atoms with E-state index in [1.54, 1.807) is 0 Å². The van der Waals surface area contributed by atoms with E-state index in [1.165, 1.54) is 12.8 Å². The van der Waals surface area contributed by atoms with Gasteiger partial charge in [-0.15, -0.1) is 0 Å². The first-order valence-electron chi connectivity index (χ1n) is 10.4. The lowest BCUT2D eigenvalue weighted by Gasteiger charge is -2.18. The van der Waals surface area contributed by atoms with Crippen LogP contribution in [-0.4, -0.2) is 28.6 Å². The molecule has 1 amide bonds. The number of halogens is 1. The largest absolute Gasteiger partial charge is 0.454 e. The summed E-state index contributed by atoms with van der Waals surface area (Å²) in [6.45, 7) is 3.09. The van der Waals surface area contributed by atoms with Crippen molar-refractivity contribution in [2.75, 3.05) is 13.3 Å². The van der Waals surface area contributed by atoms with Crippen molar-refractivity contribution in [2.45, 2.75) is 44.9 Å². The number of nitrogens with one attached hydrogen (secondary N) is 1.